The Balaban J connectivity index is 0.00000249. The number of hydrogen-bond acceptors (Lipinski definition) is 4. The van der Waals surface area contributed by atoms with Gasteiger partial charge in [-0.15, -0.1) is 5.92 Å². The third-order valence-electron chi connectivity index (χ3n) is 4.63. The second kappa shape index (κ2) is 14.4. The Labute approximate surface area is 212 Å². The third kappa shape index (κ3) is 7.69. The monoisotopic (exact) mass is 568 g/mol. The fourth-order valence-electron chi connectivity index (χ4n) is 3.18. The van der Waals surface area contributed by atoms with Crippen LogP contribution in [0.1, 0.15) is 64.1 Å². The number of benzene rings is 2. The van der Waals surface area contributed by atoms with Crippen molar-refractivity contribution in [3.63, 3.8) is 0 Å². The maximum atomic E-state index is 12.2. The quantitative estimate of drug-likeness (QED) is 0.187. The van der Waals surface area contributed by atoms with Crippen LogP contribution >= 0.6 is 25.2 Å². The molecule has 4 nitrogen and oxygen atoms in total. The molecule has 1 atom stereocenters. The van der Waals surface area contributed by atoms with Gasteiger partial charge in [-0.05, 0) is 68.7 Å². The molecule has 32 heavy (non-hydrogen) atoms. The van der Waals surface area contributed by atoms with E-state index in [9.17, 15) is 9.59 Å². The molecule has 0 bridgehead atoms. The molecule has 2 aromatic rings. The van der Waals surface area contributed by atoms with E-state index in [0.29, 0.717) is 34.7 Å². The van der Waals surface area contributed by atoms with Crippen molar-refractivity contribution in [2.75, 3.05) is 13.2 Å². The van der Waals surface area contributed by atoms with Crippen molar-refractivity contribution in [1.82, 2.24) is 0 Å². The van der Waals surface area contributed by atoms with Crippen molar-refractivity contribution < 1.29 is 35.4 Å². The molecule has 2 aromatic carbocycles. The molecule has 166 valence electrons. The van der Waals surface area contributed by atoms with Crippen LogP contribution in [-0.2, 0) is 32.2 Å². The molecule has 0 aliphatic carbocycles. The zero-order valence-electron chi connectivity index (χ0n) is 18.7. The first-order valence-corrected chi connectivity index (χ1v) is 17.4. The first-order valence-electron chi connectivity index (χ1n) is 10.0. The van der Waals surface area contributed by atoms with Gasteiger partial charge in [0.1, 0.15) is 0 Å². The van der Waals surface area contributed by atoms with E-state index in [1.165, 1.54) is 16.3 Å². The summed E-state index contributed by atoms with van der Waals surface area (Å²) in [5.74, 6) is -1.10. The summed E-state index contributed by atoms with van der Waals surface area (Å²) in [5, 5.41) is 0.502. The summed E-state index contributed by atoms with van der Waals surface area (Å²) in [7, 11) is 0. The number of hydrogen-bond donors (Lipinski definition) is 0. The van der Waals surface area contributed by atoms with E-state index >= 15 is 0 Å². The number of ether oxygens (including phenoxy) is 2. The number of esters is 2. The van der Waals surface area contributed by atoms with Gasteiger partial charge in [0.15, 0.2) is 0 Å². The van der Waals surface area contributed by atoms with Gasteiger partial charge >= 0.3 is 41.9 Å². The molecule has 0 aliphatic heterocycles. The van der Waals surface area contributed by atoms with Crippen LogP contribution in [0.4, 0.5) is 0 Å². The molecule has 0 spiro atoms. The Morgan fingerprint density at radius 3 is 2.09 bits per heavy atom. The molecule has 0 heterocycles. The summed E-state index contributed by atoms with van der Waals surface area (Å²) in [6.45, 7) is 13.9. The van der Waals surface area contributed by atoms with Gasteiger partial charge in [0.25, 0.3) is 0 Å². The van der Waals surface area contributed by atoms with Gasteiger partial charge in [-0.3, -0.25) is 6.58 Å². The van der Waals surface area contributed by atoms with Gasteiger partial charge in [-0.1, -0.05) is 35.4 Å². The second-order valence-corrected chi connectivity index (χ2v) is 7.20. The predicted molar refractivity (Wildman–Crippen MR) is 129 cm³/mol. The first-order chi connectivity index (χ1) is 15.3. The molecule has 2 rings (SSSR count). The fraction of sp³-hybridized carbons (Fsp3) is 0.280. The van der Waals surface area contributed by atoms with Gasteiger partial charge in [-0.25, -0.2) is 9.59 Å². The van der Waals surface area contributed by atoms with E-state index in [0.717, 1.165) is 16.7 Å². The molecule has 0 saturated carbocycles. The Bertz CT molecular complexity index is 974. The zero-order valence-corrected chi connectivity index (χ0v) is 24.0. The van der Waals surface area contributed by atoms with Gasteiger partial charge in [0, 0.05) is 5.02 Å². The molecule has 0 saturated heterocycles. The third-order valence-corrected chi connectivity index (χ3v) is 4.97. The normalized spacial score (nSPS) is 11.0. The van der Waals surface area contributed by atoms with Gasteiger partial charge in [0.2, 0.25) is 0 Å². The summed E-state index contributed by atoms with van der Waals surface area (Å²) < 4.78 is 10.2. The Morgan fingerprint density at radius 2 is 1.59 bits per heavy atom. The average Bonchev–Trinajstić information content (AvgIpc) is 2.79. The summed E-state index contributed by atoms with van der Waals surface area (Å²) in [6.07, 6.45) is 3.49. The van der Waals surface area contributed by atoms with Crippen LogP contribution in [0.2, 0.25) is 5.02 Å². The van der Waals surface area contributed by atoms with E-state index in [4.69, 9.17) is 21.1 Å². The first kappa shape index (κ1) is 28.3. The minimum absolute atomic E-state index is 0.288. The summed E-state index contributed by atoms with van der Waals surface area (Å²) in [5.41, 5.74) is 4.29. The SMILES string of the molecule is C=[C-]C(Cc1cc(C(=O)OCC)ccc1C(=C)C)c1cc(C(=O)OCC)ccc1Cl.[Zn+][Br]. The Hall–Kier alpha value is -1.75. The van der Waals surface area contributed by atoms with Crippen molar-refractivity contribution in [1.29, 1.82) is 0 Å². The standard InChI is InChI=1S/C25H26ClO4.BrH.Zn/c1-6-17(22-15-19(10-12-23(22)26)25(28)30-8-3)13-20-14-18(24(27)29-7-2)9-11-21(20)16(4)5;;/h9-12,14-15,17H,1,4,7-8,13H2,2-3,5H3;1H;/q-1;;+2/p-1. The van der Waals surface area contributed by atoms with E-state index in [1.54, 1.807) is 44.2 Å². The molecule has 0 aromatic heterocycles. The van der Waals surface area contributed by atoms with E-state index in [-0.39, 0.29) is 18.5 Å². The van der Waals surface area contributed by atoms with Crippen molar-refractivity contribution in [3.8, 4) is 0 Å². The number of rotatable bonds is 9. The van der Waals surface area contributed by atoms with Crippen LogP contribution in [0.15, 0.2) is 49.6 Å². The molecular formula is C25H26BrClO4Zn. The topological polar surface area (TPSA) is 52.6 Å². The van der Waals surface area contributed by atoms with Crippen molar-refractivity contribution in [2.24, 2.45) is 0 Å². The molecule has 1 unspecified atom stereocenters. The van der Waals surface area contributed by atoms with Crippen LogP contribution in [0.25, 0.3) is 5.57 Å². The minimum atomic E-state index is -0.412. The number of allylic oxidation sites excluding steroid dienone is 2. The van der Waals surface area contributed by atoms with Crippen LogP contribution in [0, 0.1) is 6.08 Å². The predicted octanol–water partition coefficient (Wildman–Crippen LogP) is 6.89. The van der Waals surface area contributed by atoms with Gasteiger partial charge in [-0.2, -0.15) is 0 Å². The summed E-state index contributed by atoms with van der Waals surface area (Å²) in [4.78, 5) is 24.3. The van der Waals surface area contributed by atoms with Gasteiger partial charge < -0.3 is 15.5 Å². The van der Waals surface area contributed by atoms with Gasteiger partial charge in [0.05, 0.1) is 24.3 Å². The van der Waals surface area contributed by atoms with Crippen molar-refractivity contribution >= 4 is 42.7 Å². The number of carbonyl (C=O) groups excluding carboxylic acids is 2. The Kier molecular flexibility index (Phi) is 12.7. The average molecular weight is 571 g/mol. The van der Waals surface area contributed by atoms with Crippen LogP contribution in [0.5, 0.6) is 0 Å². The summed E-state index contributed by atoms with van der Waals surface area (Å²) >= 11 is 10.7. The zero-order chi connectivity index (χ0) is 24.3. The van der Waals surface area contributed by atoms with Crippen LogP contribution in [-0.4, -0.2) is 25.2 Å². The van der Waals surface area contributed by atoms with Crippen molar-refractivity contribution in [2.45, 2.75) is 33.1 Å². The number of carbonyl (C=O) groups is 2. The Morgan fingerprint density at radius 1 is 1.06 bits per heavy atom. The fourth-order valence-corrected chi connectivity index (χ4v) is 3.43. The van der Waals surface area contributed by atoms with E-state index in [2.05, 4.69) is 32.9 Å². The van der Waals surface area contributed by atoms with E-state index < -0.39 is 5.97 Å². The number of halogens is 2. The molecular weight excluding hydrogens is 545 g/mol. The molecule has 0 amide bonds. The summed E-state index contributed by atoms with van der Waals surface area (Å²) in [6, 6.07) is 10.4. The maximum absolute atomic E-state index is 12.2. The molecule has 0 radical (unpaired) electrons. The van der Waals surface area contributed by atoms with Crippen LogP contribution < -0.4 is 0 Å². The molecule has 0 fully saturated rings. The van der Waals surface area contributed by atoms with Crippen molar-refractivity contribution in [3.05, 3.63) is 88.5 Å². The molecule has 0 N–H and O–H groups in total. The molecule has 7 heteroatoms. The molecule has 0 aliphatic rings. The van der Waals surface area contributed by atoms with E-state index in [1.807, 2.05) is 13.0 Å². The van der Waals surface area contributed by atoms with Crippen LogP contribution in [0.3, 0.4) is 0 Å². The second-order valence-electron chi connectivity index (χ2n) is 6.79.